The SMILES string of the molecule is NC1(COCc2ccc(F)c(F)c2)CCCC1. The summed E-state index contributed by atoms with van der Waals surface area (Å²) < 4.78 is 31.1. The van der Waals surface area contributed by atoms with E-state index < -0.39 is 11.6 Å². The fourth-order valence-electron chi connectivity index (χ4n) is 2.23. The van der Waals surface area contributed by atoms with Crippen LogP contribution in [0, 0.1) is 11.6 Å². The first-order valence-electron chi connectivity index (χ1n) is 5.90. The monoisotopic (exact) mass is 241 g/mol. The van der Waals surface area contributed by atoms with Gasteiger partial charge in [0.2, 0.25) is 0 Å². The zero-order chi connectivity index (χ0) is 12.3. The Kier molecular flexibility index (Phi) is 3.74. The highest BCUT2D eigenvalue weighted by Crippen LogP contribution is 2.27. The molecule has 0 saturated heterocycles. The average Bonchev–Trinajstić information content (AvgIpc) is 2.71. The van der Waals surface area contributed by atoms with Crippen molar-refractivity contribution in [2.45, 2.75) is 37.8 Å². The fraction of sp³-hybridized carbons (Fsp3) is 0.538. The molecular weight excluding hydrogens is 224 g/mol. The molecule has 1 aromatic rings. The summed E-state index contributed by atoms with van der Waals surface area (Å²) in [6.45, 7) is 0.752. The minimum atomic E-state index is -0.838. The molecule has 0 unspecified atom stereocenters. The molecule has 94 valence electrons. The number of rotatable bonds is 4. The van der Waals surface area contributed by atoms with E-state index in [0.717, 1.165) is 37.8 Å². The number of ether oxygens (including phenoxy) is 1. The molecule has 1 aliphatic rings. The Morgan fingerprint density at radius 1 is 1.18 bits per heavy atom. The molecular formula is C13H17F2NO. The molecule has 1 saturated carbocycles. The second kappa shape index (κ2) is 5.10. The van der Waals surface area contributed by atoms with Crippen LogP contribution in [0.1, 0.15) is 31.2 Å². The standard InChI is InChI=1S/C13H17F2NO/c14-11-4-3-10(7-12(11)15)8-17-9-13(16)5-1-2-6-13/h3-4,7H,1-2,5-6,8-9,16H2. The van der Waals surface area contributed by atoms with Crippen molar-refractivity contribution in [3.8, 4) is 0 Å². The highest BCUT2D eigenvalue weighted by Gasteiger charge is 2.29. The minimum absolute atomic E-state index is 0.224. The molecule has 1 aliphatic carbocycles. The van der Waals surface area contributed by atoms with Gasteiger partial charge in [-0.3, -0.25) is 0 Å². The van der Waals surface area contributed by atoms with E-state index in [1.165, 1.54) is 6.07 Å². The lowest BCUT2D eigenvalue weighted by Crippen LogP contribution is -2.41. The van der Waals surface area contributed by atoms with Crippen molar-refractivity contribution in [3.05, 3.63) is 35.4 Å². The van der Waals surface area contributed by atoms with Crippen LogP contribution in [-0.2, 0) is 11.3 Å². The van der Waals surface area contributed by atoms with Gasteiger partial charge in [-0.1, -0.05) is 18.9 Å². The largest absolute Gasteiger partial charge is 0.375 e. The Bertz CT molecular complexity index is 389. The van der Waals surface area contributed by atoms with Crippen molar-refractivity contribution in [2.24, 2.45) is 5.73 Å². The maximum Gasteiger partial charge on any atom is 0.159 e. The summed E-state index contributed by atoms with van der Waals surface area (Å²) in [5, 5.41) is 0. The van der Waals surface area contributed by atoms with E-state index in [4.69, 9.17) is 10.5 Å². The van der Waals surface area contributed by atoms with Gasteiger partial charge in [-0.2, -0.15) is 0 Å². The van der Waals surface area contributed by atoms with Gasteiger partial charge in [0.25, 0.3) is 0 Å². The van der Waals surface area contributed by atoms with Crippen LogP contribution in [0.25, 0.3) is 0 Å². The first kappa shape index (κ1) is 12.5. The van der Waals surface area contributed by atoms with E-state index in [2.05, 4.69) is 0 Å². The maximum atomic E-state index is 12.9. The summed E-state index contributed by atoms with van der Waals surface area (Å²) in [7, 11) is 0. The molecule has 0 amide bonds. The molecule has 0 bridgehead atoms. The summed E-state index contributed by atoms with van der Waals surface area (Å²) in [4.78, 5) is 0. The first-order chi connectivity index (χ1) is 8.09. The van der Waals surface area contributed by atoms with Gasteiger partial charge >= 0.3 is 0 Å². The van der Waals surface area contributed by atoms with Crippen LogP contribution in [0.4, 0.5) is 8.78 Å². The third-order valence-electron chi connectivity index (χ3n) is 3.24. The highest BCUT2D eigenvalue weighted by molar-refractivity contribution is 5.16. The Labute approximate surface area is 99.8 Å². The average molecular weight is 241 g/mol. The second-order valence-corrected chi connectivity index (χ2v) is 4.81. The third kappa shape index (κ3) is 3.23. The topological polar surface area (TPSA) is 35.2 Å². The lowest BCUT2D eigenvalue weighted by molar-refractivity contribution is 0.0749. The van der Waals surface area contributed by atoms with E-state index in [-0.39, 0.29) is 12.1 Å². The van der Waals surface area contributed by atoms with E-state index >= 15 is 0 Å². The van der Waals surface area contributed by atoms with Gasteiger partial charge < -0.3 is 10.5 Å². The smallest absolute Gasteiger partial charge is 0.159 e. The fourth-order valence-corrected chi connectivity index (χ4v) is 2.23. The summed E-state index contributed by atoms with van der Waals surface area (Å²) in [5.41, 5.74) is 6.52. The van der Waals surface area contributed by atoms with Crippen molar-refractivity contribution in [2.75, 3.05) is 6.61 Å². The van der Waals surface area contributed by atoms with Crippen molar-refractivity contribution in [1.82, 2.24) is 0 Å². The Balaban J connectivity index is 1.83. The molecule has 2 rings (SSSR count). The van der Waals surface area contributed by atoms with Gasteiger partial charge in [-0.25, -0.2) is 8.78 Å². The van der Waals surface area contributed by atoms with E-state index in [0.29, 0.717) is 12.2 Å². The van der Waals surface area contributed by atoms with Crippen LogP contribution < -0.4 is 5.73 Å². The first-order valence-corrected chi connectivity index (χ1v) is 5.90. The van der Waals surface area contributed by atoms with Crippen molar-refractivity contribution >= 4 is 0 Å². The number of nitrogens with two attached hydrogens (primary N) is 1. The van der Waals surface area contributed by atoms with Crippen molar-refractivity contribution in [1.29, 1.82) is 0 Å². The number of benzene rings is 1. The number of halogens is 2. The lowest BCUT2D eigenvalue weighted by Gasteiger charge is -2.23. The predicted octanol–water partition coefficient (Wildman–Crippen LogP) is 2.75. The minimum Gasteiger partial charge on any atom is -0.375 e. The van der Waals surface area contributed by atoms with Crippen LogP contribution in [0.3, 0.4) is 0 Å². The molecule has 1 aromatic carbocycles. The van der Waals surface area contributed by atoms with E-state index in [9.17, 15) is 8.78 Å². The summed E-state index contributed by atoms with van der Waals surface area (Å²) in [6.07, 6.45) is 4.24. The molecule has 0 aromatic heterocycles. The van der Waals surface area contributed by atoms with Crippen LogP contribution in [0.2, 0.25) is 0 Å². The Morgan fingerprint density at radius 2 is 1.88 bits per heavy atom. The molecule has 2 nitrogen and oxygen atoms in total. The van der Waals surface area contributed by atoms with Crippen LogP contribution >= 0.6 is 0 Å². The van der Waals surface area contributed by atoms with Gasteiger partial charge in [0.05, 0.1) is 13.2 Å². The Morgan fingerprint density at radius 3 is 2.53 bits per heavy atom. The summed E-state index contributed by atoms with van der Waals surface area (Å²) in [5.74, 6) is -1.67. The highest BCUT2D eigenvalue weighted by atomic mass is 19.2. The summed E-state index contributed by atoms with van der Waals surface area (Å²) in [6, 6.07) is 3.80. The lowest BCUT2D eigenvalue weighted by atomic mass is 10.0. The van der Waals surface area contributed by atoms with Crippen LogP contribution in [0.5, 0.6) is 0 Å². The molecule has 1 fully saturated rings. The van der Waals surface area contributed by atoms with Crippen LogP contribution in [-0.4, -0.2) is 12.1 Å². The predicted molar refractivity (Wildman–Crippen MR) is 61.4 cm³/mol. The second-order valence-electron chi connectivity index (χ2n) is 4.81. The summed E-state index contributed by atoms with van der Waals surface area (Å²) >= 11 is 0. The molecule has 2 N–H and O–H groups in total. The number of hydrogen-bond acceptors (Lipinski definition) is 2. The van der Waals surface area contributed by atoms with Gasteiger partial charge in [0.15, 0.2) is 11.6 Å². The van der Waals surface area contributed by atoms with Crippen LogP contribution in [0.15, 0.2) is 18.2 Å². The Hall–Kier alpha value is -1.00. The third-order valence-corrected chi connectivity index (χ3v) is 3.24. The molecule has 4 heteroatoms. The molecule has 0 spiro atoms. The normalized spacial score (nSPS) is 18.5. The molecule has 0 heterocycles. The van der Waals surface area contributed by atoms with Crippen molar-refractivity contribution in [3.63, 3.8) is 0 Å². The van der Waals surface area contributed by atoms with Crippen molar-refractivity contribution < 1.29 is 13.5 Å². The van der Waals surface area contributed by atoms with Gasteiger partial charge in [-0.05, 0) is 30.5 Å². The van der Waals surface area contributed by atoms with E-state index in [1.807, 2.05) is 0 Å². The molecule has 0 aliphatic heterocycles. The zero-order valence-corrected chi connectivity index (χ0v) is 9.72. The zero-order valence-electron chi connectivity index (χ0n) is 9.72. The molecule has 0 radical (unpaired) electrons. The van der Waals surface area contributed by atoms with E-state index in [1.54, 1.807) is 0 Å². The van der Waals surface area contributed by atoms with Gasteiger partial charge in [0, 0.05) is 5.54 Å². The maximum absolute atomic E-state index is 12.9. The molecule has 0 atom stereocenters. The van der Waals surface area contributed by atoms with Gasteiger partial charge in [0.1, 0.15) is 0 Å². The quantitative estimate of drug-likeness (QED) is 0.879. The van der Waals surface area contributed by atoms with Gasteiger partial charge in [-0.15, -0.1) is 0 Å². The molecule has 17 heavy (non-hydrogen) atoms. The number of hydrogen-bond donors (Lipinski definition) is 1.